The van der Waals surface area contributed by atoms with Gasteiger partial charge in [-0.3, -0.25) is 0 Å². The zero-order valence-corrected chi connectivity index (χ0v) is 19.7. The van der Waals surface area contributed by atoms with Crippen LogP contribution in [-0.4, -0.2) is 39.4 Å². The molecule has 0 saturated carbocycles. The van der Waals surface area contributed by atoms with Crippen molar-refractivity contribution in [2.75, 3.05) is 33.4 Å². The van der Waals surface area contributed by atoms with Crippen molar-refractivity contribution in [3.8, 4) is 5.75 Å². The molecule has 2 heterocycles. The van der Waals surface area contributed by atoms with E-state index in [1.807, 2.05) is 12.1 Å². The van der Waals surface area contributed by atoms with Crippen molar-refractivity contribution in [1.82, 2.24) is 10.6 Å². The normalized spacial score (nSPS) is 16.1. The lowest BCUT2D eigenvalue weighted by atomic mass is 9.74. The van der Waals surface area contributed by atoms with Crippen LogP contribution in [-0.2, 0) is 16.7 Å². The number of aliphatic imine (C=N–C) groups is 1. The number of rotatable bonds is 7. The van der Waals surface area contributed by atoms with E-state index in [1.54, 1.807) is 18.4 Å². The van der Waals surface area contributed by atoms with Crippen LogP contribution in [0.25, 0.3) is 0 Å². The number of guanidine groups is 1. The molecule has 2 aromatic rings. The van der Waals surface area contributed by atoms with Crippen LogP contribution in [0.4, 0.5) is 0 Å². The molecule has 1 saturated heterocycles. The second kappa shape index (κ2) is 11.6. The molecular weight excluding hydrogens is 485 g/mol. The number of benzene rings is 1. The summed E-state index contributed by atoms with van der Waals surface area (Å²) in [6.07, 6.45) is 1.99. The molecule has 0 atom stereocenters. The van der Waals surface area contributed by atoms with E-state index in [-0.39, 0.29) is 29.4 Å². The van der Waals surface area contributed by atoms with Gasteiger partial charge in [-0.15, -0.1) is 24.0 Å². The third-order valence-electron chi connectivity index (χ3n) is 5.09. The Kier molecular flexibility index (Phi) is 9.53. The van der Waals surface area contributed by atoms with E-state index in [9.17, 15) is 0 Å². The third-order valence-corrected chi connectivity index (χ3v) is 5.82. The summed E-state index contributed by atoms with van der Waals surface area (Å²) in [5, 5.41) is 11.2. The van der Waals surface area contributed by atoms with Crippen molar-refractivity contribution < 1.29 is 9.47 Å². The van der Waals surface area contributed by atoms with Crippen molar-refractivity contribution >= 4 is 41.3 Å². The van der Waals surface area contributed by atoms with Gasteiger partial charge in [0.2, 0.25) is 0 Å². The number of halogens is 1. The van der Waals surface area contributed by atoms with Gasteiger partial charge in [0, 0.05) is 31.7 Å². The quantitative estimate of drug-likeness (QED) is 0.330. The highest BCUT2D eigenvalue weighted by Gasteiger charge is 2.34. The third kappa shape index (κ3) is 6.09. The Morgan fingerprint density at radius 1 is 1.18 bits per heavy atom. The SMILES string of the molecule is CCNC(=NCc1ccsc1)NCC1(c2ccc(OC)cc2)CCOCC1.I. The number of hydrogen-bond donors (Lipinski definition) is 2. The van der Waals surface area contributed by atoms with E-state index in [1.165, 1.54) is 11.1 Å². The van der Waals surface area contributed by atoms with Gasteiger partial charge in [0.15, 0.2) is 5.96 Å². The smallest absolute Gasteiger partial charge is 0.191 e. The number of ether oxygens (including phenoxy) is 2. The monoisotopic (exact) mass is 515 g/mol. The van der Waals surface area contributed by atoms with Crippen LogP contribution in [0.1, 0.15) is 30.9 Å². The Morgan fingerprint density at radius 3 is 2.54 bits per heavy atom. The first-order valence-corrected chi connectivity index (χ1v) is 10.5. The topological polar surface area (TPSA) is 54.9 Å². The molecule has 1 aliphatic heterocycles. The highest BCUT2D eigenvalue weighted by Crippen LogP contribution is 2.35. The van der Waals surface area contributed by atoms with E-state index >= 15 is 0 Å². The summed E-state index contributed by atoms with van der Waals surface area (Å²) in [5.41, 5.74) is 2.62. The molecule has 0 amide bonds. The molecule has 0 unspecified atom stereocenters. The fraction of sp³-hybridized carbons (Fsp3) is 0.476. The van der Waals surface area contributed by atoms with Crippen molar-refractivity contribution in [3.63, 3.8) is 0 Å². The minimum atomic E-state index is 0. The molecule has 0 radical (unpaired) electrons. The van der Waals surface area contributed by atoms with Crippen LogP contribution in [0.15, 0.2) is 46.1 Å². The standard InChI is InChI=1S/C21H29N3O2S.HI/c1-3-22-20(23-14-17-8-13-27-15-17)24-16-21(9-11-26-12-10-21)18-4-6-19(25-2)7-5-18;/h4-8,13,15H,3,9-12,14,16H2,1-2H3,(H2,22,23,24);1H. The lowest BCUT2D eigenvalue weighted by molar-refractivity contribution is 0.0513. The summed E-state index contributed by atoms with van der Waals surface area (Å²) in [5.74, 6) is 1.75. The van der Waals surface area contributed by atoms with Gasteiger partial charge in [-0.2, -0.15) is 11.3 Å². The summed E-state index contributed by atoms with van der Waals surface area (Å²) in [7, 11) is 1.70. The molecule has 28 heavy (non-hydrogen) atoms. The minimum absolute atomic E-state index is 0. The predicted octanol–water partition coefficient (Wildman–Crippen LogP) is 4.18. The van der Waals surface area contributed by atoms with Gasteiger partial charge in [-0.05, 0) is 59.9 Å². The van der Waals surface area contributed by atoms with Crippen LogP contribution in [0, 0.1) is 0 Å². The minimum Gasteiger partial charge on any atom is -0.497 e. The van der Waals surface area contributed by atoms with Gasteiger partial charge < -0.3 is 20.1 Å². The number of nitrogens with zero attached hydrogens (tertiary/aromatic N) is 1. The van der Waals surface area contributed by atoms with Crippen molar-refractivity contribution in [3.05, 3.63) is 52.2 Å². The first kappa shape index (κ1) is 23.0. The summed E-state index contributed by atoms with van der Waals surface area (Å²) in [6, 6.07) is 10.6. The molecule has 1 fully saturated rings. The maximum atomic E-state index is 5.64. The summed E-state index contributed by atoms with van der Waals surface area (Å²) in [6.45, 7) is 6.03. The van der Waals surface area contributed by atoms with E-state index in [2.05, 4.69) is 46.5 Å². The average molecular weight is 515 g/mol. The van der Waals surface area contributed by atoms with Crippen LogP contribution in [0.2, 0.25) is 0 Å². The Bertz CT molecular complexity index is 714. The highest BCUT2D eigenvalue weighted by atomic mass is 127. The molecule has 0 aliphatic carbocycles. The van der Waals surface area contributed by atoms with E-state index in [0.29, 0.717) is 6.54 Å². The first-order valence-electron chi connectivity index (χ1n) is 9.51. The maximum absolute atomic E-state index is 5.64. The molecule has 7 heteroatoms. The molecule has 0 bridgehead atoms. The van der Waals surface area contributed by atoms with Crippen molar-refractivity contribution in [2.45, 2.75) is 31.7 Å². The molecular formula is C21H30IN3O2S. The summed E-state index contributed by atoms with van der Waals surface area (Å²) >= 11 is 1.71. The zero-order valence-electron chi connectivity index (χ0n) is 16.6. The number of hydrogen-bond acceptors (Lipinski definition) is 4. The van der Waals surface area contributed by atoms with Crippen LogP contribution in [0.3, 0.4) is 0 Å². The van der Waals surface area contributed by atoms with Gasteiger partial charge >= 0.3 is 0 Å². The van der Waals surface area contributed by atoms with Crippen LogP contribution < -0.4 is 15.4 Å². The molecule has 154 valence electrons. The lowest BCUT2D eigenvalue weighted by Crippen LogP contribution is -2.48. The molecule has 5 nitrogen and oxygen atoms in total. The molecule has 1 aliphatic rings. The molecule has 0 spiro atoms. The fourth-order valence-electron chi connectivity index (χ4n) is 3.42. The highest BCUT2D eigenvalue weighted by molar-refractivity contribution is 14.0. The number of nitrogens with one attached hydrogen (secondary N) is 2. The molecule has 2 N–H and O–H groups in total. The van der Waals surface area contributed by atoms with Gasteiger partial charge in [-0.25, -0.2) is 4.99 Å². The maximum Gasteiger partial charge on any atom is 0.191 e. The summed E-state index contributed by atoms with van der Waals surface area (Å²) < 4.78 is 11.0. The number of thiophene rings is 1. The van der Waals surface area contributed by atoms with E-state index < -0.39 is 0 Å². The Balaban J connectivity index is 0.00000280. The summed E-state index contributed by atoms with van der Waals surface area (Å²) in [4.78, 5) is 4.74. The average Bonchev–Trinajstić information content (AvgIpc) is 3.24. The second-order valence-corrected chi connectivity index (χ2v) is 7.58. The largest absolute Gasteiger partial charge is 0.497 e. The Labute approximate surface area is 189 Å². The van der Waals surface area contributed by atoms with Gasteiger partial charge in [0.05, 0.1) is 13.7 Å². The zero-order chi connectivity index (χ0) is 19.0. The van der Waals surface area contributed by atoms with E-state index in [4.69, 9.17) is 14.5 Å². The van der Waals surface area contributed by atoms with Crippen molar-refractivity contribution in [1.29, 1.82) is 0 Å². The van der Waals surface area contributed by atoms with Gasteiger partial charge in [0.1, 0.15) is 5.75 Å². The number of methoxy groups -OCH3 is 1. The lowest BCUT2D eigenvalue weighted by Gasteiger charge is -2.38. The van der Waals surface area contributed by atoms with Crippen LogP contribution >= 0.6 is 35.3 Å². The molecule has 1 aromatic heterocycles. The second-order valence-electron chi connectivity index (χ2n) is 6.80. The predicted molar refractivity (Wildman–Crippen MR) is 127 cm³/mol. The van der Waals surface area contributed by atoms with Crippen molar-refractivity contribution in [2.24, 2.45) is 4.99 Å². The fourth-order valence-corrected chi connectivity index (χ4v) is 4.08. The van der Waals surface area contributed by atoms with E-state index in [0.717, 1.165) is 50.9 Å². The Hall–Kier alpha value is -1.32. The molecule has 1 aromatic carbocycles. The van der Waals surface area contributed by atoms with Gasteiger partial charge in [-0.1, -0.05) is 12.1 Å². The molecule has 3 rings (SSSR count). The first-order chi connectivity index (χ1) is 13.3. The Morgan fingerprint density at radius 2 is 1.93 bits per heavy atom. The van der Waals surface area contributed by atoms with Gasteiger partial charge in [0.25, 0.3) is 0 Å². The van der Waals surface area contributed by atoms with Crippen LogP contribution in [0.5, 0.6) is 5.75 Å².